The first-order chi connectivity index (χ1) is 8.88. The van der Waals surface area contributed by atoms with E-state index in [4.69, 9.17) is 15.2 Å². The molecule has 1 fully saturated rings. The highest BCUT2D eigenvalue weighted by Gasteiger charge is 2.28. The summed E-state index contributed by atoms with van der Waals surface area (Å²) in [5.41, 5.74) is 7.73. The highest BCUT2D eigenvalue weighted by Crippen LogP contribution is 2.34. The highest BCUT2D eigenvalue weighted by atomic mass is 16.5. The Hall–Kier alpha value is -1.40. The Kier molecular flexibility index (Phi) is 3.29. The van der Waals surface area contributed by atoms with Crippen molar-refractivity contribution in [2.24, 2.45) is 5.73 Å². The van der Waals surface area contributed by atoms with Gasteiger partial charge < -0.3 is 20.5 Å². The smallest absolute Gasteiger partial charge is 0.226 e. The molecule has 3 N–H and O–H groups in total. The maximum atomic E-state index is 5.56. The van der Waals surface area contributed by atoms with Crippen LogP contribution >= 0.6 is 0 Å². The topological polar surface area (TPSA) is 82.3 Å². The molecule has 1 saturated heterocycles. The number of nitrogens with one attached hydrogen (secondary N) is 1. The van der Waals surface area contributed by atoms with Crippen LogP contribution in [0.15, 0.2) is 0 Å². The lowest BCUT2D eigenvalue weighted by Gasteiger charge is -2.13. The average molecular weight is 250 g/mol. The Labute approximate surface area is 106 Å². The molecule has 1 unspecified atom stereocenters. The molecule has 0 bridgehead atoms. The largest absolute Gasteiger partial charge is 0.477 e. The molecule has 98 valence electrons. The molecule has 2 aliphatic rings. The van der Waals surface area contributed by atoms with Gasteiger partial charge in [0.25, 0.3) is 0 Å². The molecule has 0 amide bonds. The first kappa shape index (κ1) is 11.7. The second-order valence-corrected chi connectivity index (χ2v) is 4.59. The van der Waals surface area contributed by atoms with E-state index in [9.17, 15) is 0 Å². The van der Waals surface area contributed by atoms with Crippen LogP contribution in [0.2, 0.25) is 0 Å². The van der Waals surface area contributed by atoms with Gasteiger partial charge in [-0.3, -0.25) is 0 Å². The zero-order valence-corrected chi connectivity index (χ0v) is 10.3. The number of ether oxygens (including phenoxy) is 2. The number of rotatable bonds is 4. The van der Waals surface area contributed by atoms with Crippen molar-refractivity contribution in [2.75, 3.05) is 38.2 Å². The third kappa shape index (κ3) is 2.13. The molecule has 6 nitrogen and oxygen atoms in total. The van der Waals surface area contributed by atoms with Crippen LogP contribution in [-0.2, 0) is 11.2 Å². The summed E-state index contributed by atoms with van der Waals surface area (Å²) in [6.45, 7) is 3.49. The molecule has 6 heteroatoms. The van der Waals surface area contributed by atoms with Crippen LogP contribution in [0.4, 0.5) is 5.95 Å². The lowest BCUT2D eigenvalue weighted by atomic mass is 9.99. The number of hydrogen-bond donors (Lipinski definition) is 2. The predicted molar refractivity (Wildman–Crippen MR) is 67.0 cm³/mol. The molecule has 3 heterocycles. The summed E-state index contributed by atoms with van der Waals surface area (Å²) in [7, 11) is 0. The molecule has 0 saturated carbocycles. The molecule has 0 spiro atoms. The third-order valence-electron chi connectivity index (χ3n) is 3.34. The third-order valence-corrected chi connectivity index (χ3v) is 3.34. The van der Waals surface area contributed by atoms with Gasteiger partial charge in [-0.2, -0.15) is 4.98 Å². The van der Waals surface area contributed by atoms with Crippen LogP contribution in [0.25, 0.3) is 0 Å². The van der Waals surface area contributed by atoms with Crippen molar-refractivity contribution in [1.29, 1.82) is 0 Å². The summed E-state index contributed by atoms with van der Waals surface area (Å²) in [6, 6.07) is 0. The van der Waals surface area contributed by atoms with E-state index in [2.05, 4.69) is 15.3 Å². The SMILES string of the molecule is NCCNc1nc2c(c(C3CCOC3)n1)CCO2. The van der Waals surface area contributed by atoms with E-state index in [0.717, 1.165) is 43.2 Å². The van der Waals surface area contributed by atoms with Crippen LogP contribution < -0.4 is 15.8 Å². The predicted octanol–water partition coefficient (Wildman–Crippen LogP) is 0.286. The van der Waals surface area contributed by atoms with Gasteiger partial charge >= 0.3 is 0 Å². The first-order valence-corrected chi connectivity index (χ1v) is 6.44. The van der Waals surface area contributed by atoms with Crippen molar-refractivity contribution in [3.8, 4) is 5.88 Å². The molecule has 0 aromatic carbocycles. The Morgan fingerprint density at radius 1 is 1.33 bits per heavy atom. The maximum absolute atomic E-state index is 5.56. The van der Waals surface area contributed by atoms with E-state index in [1.54, 1.807) is 0 Å². The fourth-order valence-electron chi connectivity index (χ4n) is 2.43. The van der Waals surface area contributed by atoms with Crippen molar-refractivity contribution in [2.45, 2.75) is 18.8 Å². The molecule has 18 heavy (non-hydrogen) atoms. The van der Waals surface area contributed by atoms with Crippen LogP contribution in [0.3, 0.4) is 0 Å². The number of aromatic nitrogens is 2. The standard InChI is InChI=1S/C12H18N4O2/c13-3-4-14-12-15-10(8-1-5-17-7-8)9-2-6-18-11(9)16-12/h8H,1-7,13H2,(H,14,15,16). The molecule has 1 atom stereocenters. The average Bonchev–Trinajstić information content (AvgIpc) is 3.05. The molecule has 1 aromatic heterocycles. The zero-order valence-electron chi connectivity index (χ0n) is 10.3. The van der Waals surface area contributed by atoms with E-state index in [1.807, 2.05) is 0 Å². The first-order valence-electron chi connectivity index (χ1n) is 6.44. The summed E-state index contributed by atoms with van der Waals surface area (Å²) in [5.74, 6) is 1.72. The molecule has 1 aromatic rings. The van der Waals surface area contributed by atoms with Gasteiger partial charge in [-0.1, -0.05) is 0 Å². The number of hydrogen-bond acceptors (Lipinski definition) is 6. The van der Waals surface area contributed by atoms with E-state index in [1.165, 1.54) is 0 Å². The molecule has 2 aliphatic heterocycles. The minimum absolute atomic E-state index is 0.377. The van der Waals surface area contributed by atoms with Gasteiger partial charge in [-0.15, -0.1) is 0 Å². The minimum atomic E-state index is 0.377. The van der Waals surface area contributed by atoms with Crippen molar-refractivity contribution >= 4 is 5.95 Å². The van der Waals surface area contributed by atoms with Crippen molar-refractivity contribution in [1.82, 2.24) is 9.97 Å². The van der Waals surface area contributed by atoms with E-state index in [-0.39, 0.29) is 0 Å². The van der Waals surface area contributed by atoms with Crippen LogP contribution in [0.5, 0.6) is 5.88 Å². The Balaban J connectivity index is 1.92. The summed E-state index contributed by atoms with van der Waals surface area (Å²) in [5, 5.41) is 3.12. The van der Waals surface area contributed by atoms with Crippen molar-refractivity contribution in [3.05, 3.63) is 11.3 Å². The molecule has 0 radical (unpaired) electrons. The van der Waals surface area contributed by atoms with E-state index in [0.29, 0.717) is 31.6 Å². The van der Waals surface area contributed by atoms with Gasteiger partial charge in [0.05, 0.1) is 18.9 Å². The quantitative estimate of drug-likeness (QED) is 0.799. The highest BCUT2D eigenvalue weighted by molar-refractivity contribution is 5.42. The second kappa shape index (κ2) is 5.07. The number of nitrogens with two attached hydrogens (primary N) is 1. The van der Waals surface area contributed by atoms with Crippen molar-refractivity contribution < 1.29 is 9.47 Å². The van der Waals surface area contributed by atoms with Crippen molar-refractivity contribution in [3.63, 3.8) is 0 Å². The Morgan fingerprint density at radius 2 is 2.28 bits per heavy atom. The fraction of sp³-hybridized carbons (Fsp3) is 0.667. The van der Waals surface area contributed by atoms with Gasteiger partial charge in [0.2, 0.25) is 11.8 Å². The van der Waals surface area contributed by atoms with E-state index >= 15 is 0 Å². The summed E-state index contributed by atoms with van der Waals surface area (Å²) in [4.78, 5) is 9.01. The minimum Gasteiger partial charge on any atom is -0.477 e. The molecule has 0 aliphatic carbocycles. The van der Waals surface area contributed by atoms with E-state index < -0.39 is 0 Å². The van der Waals surface area contributed by atoms with Crippen LogP contribution in [0.1, 0.15) is 23.6 Å². The lowest BCUT2D eigenvalue weighted by molar-refractivity contribution is 0.193. The number of fused-ring (bicyclic) bond motifs is 1. The number of nitrogens with zero attached hydrogens (tertiary/aromatic N) is 2. The fourth-order valence-corrected chi connectivity index (χ4v) is 2.43. The summed E-state index contributed by atoms with van der Waals surface area (Å²) < 4.78 is 11.0. The Bertz CT molecular complexity index is 432. The van der Waals surface area contributed by atoms with Gasteiger partial charge in [0.1, 0.15) is 0 Å². The van der Waals surface area contributed by atoms with Gasteiger partial charge in [-0.25, -0.2) is 4.98 Å². The lowest BCUT2D eigenvalue weighted by Crippen LogP contribution is -2.16. The van der Waals surface area contributed by atoms with Gasteiger partial charge in [0, 0.05) is 37.6 Å². The zero-order chi connectivity index (χ0) is 12.4. The monoisotopic (exact) mass is 250 g/mol. The van der Waals surface area contributed by atoms with Crippen LogP contribution in [0, 0.1) is 0 Å². The van der Waals surface area contributed by atoms with Crippen LogP contribution in [-0.4, -0.2) is 42.9 Å². The number of anilines is 1. The second-order valence-electron chi connectivity index (χ2n) is 4.59. The molecular weight excluding hydrogens is 232 g/mol. The molecular formula is C12H18N4O2. The maximum Gasteiger partial charge on any atom is 0.226 e. The normalized spacial score (nSPS) is 21.7. The van der Waals surface area contributed by atoms with Gasteiger partial charge in [-0.05, 0) is 6.42 Å². The Morgan fingerprint density at radius 3 is 3.06 bits per heavy atom. The summed E-state index contributed by atoms with van der Waals surface area (Å²) >= 11 is 0. The van der Waals surface area contributed by atoms with Gasteiger partial charge in [0.15, 0.2) is 0 Å². The molecule has 3 rings (SSSR count). The summed E-state index contributed by atoms with van der Waals surface area (Å²) in [6.07, 6.45) is 1.93.